The number of methoxy groups -OCH3 is 1. The Morgan fingerprint density at radius 1 is 1.16 bits per heavy atom. The lowest BCUT2D eigenvalue weighted by Gasteiger charge is -2.31. The van der Waals surface area contributed by atoms with E-state index in [1.165, 1.54) is 57.3 Å². The van der Waals surface area contributed by atoms with Crippen LogP contribution in [0.3, 0.4) is 0 Å². The van der Waals surface area contributed by atoms with Gasteiger partial charge in [0, 0.05) is 20.1 Å². The van der Waals surface area contributed by atoms with Crippen molar-refractivity contribution >= 4 is 29.9 Å². The van der Waals surface area contributed by atoms with Gasteiger partial charge in [0.1, 0.15) is 5.75 Å². The highest BCUT2D eigenvalue weighted by atomic mass is 127. The van der Waals surface area contributed by atoms with Crippen LogP contribution in [0.15, 0.2) is 29.3 Å². The molecule has 0 amide bonds. The van der Waals surface area contributed by atoms with Gasteiger partial charge in [0.25, 0.3) is 0 Å². The fourth-order valence-electron chi connectivity index (χ4n) is 4.76. The Balaban J connectivity index is 0.00000341. The summed E-state index contributed by atoms with van der Waals surface area (Å²) in [6, 6.07) is 8.83. The number of ether oxygens (including phenoxy) is 1. The van der Waals surface area contributed by atoms with Crippen LogP contribution in [0.4, 0.5) is 0 Å². The minimum Gasteiger partial charge on any atom is -0.497 e. The van der Waals surface area contributed by atoms with Crippen molar-refractivity contribution in [3.8, 4) is 5.75 Å². The number of likely N-dealkylation sites (tertiary alicyclic amines) is 2. The van der Waals surface area contributed by atoms with Crippen LogP contribution >= 0.6 is 24.0 Å². The Kier molecular flexibility index (Phi) is 12.0. The molecule has 2 N–H and O–H groups in total. The van der Waals surface area contributed by atoms with E-state index < -0.39 is 0 Å². The fourth-order valence-corrected chi connectivity index (χ4v) is 4.76. The van der Waals surface area contributed by atoms with Crippen molar-refractivity contribution in [3.05, 3.63) is 29.8 Å². The first-order valence-electron chi connectivity index (χ1n) is 11.8. The second kappa shape index (κ2) is 14.2. The number of hydrogen-bond acceptors (Lipinski definition) is 4. The van der Waals surface area contributed by atoms with Gasteiger partial charge < -0.3 is 20.3 Å². The third kappa shape index (κ3) is 8.09. The molecule has 7 heteroatoms. The first-order valence-corrected chi connectivity index (χ1v) is 11.8. The zero-order valence-corrected chi connectivity index (χ0v) is 21.9. The summed E-state index contributed by atoms with van der Waals surface area (Å²) in [5.41, 5.74) is 1.31. The highest BCUT2D eigenvalue weighted by molar-refractivity contribution is 14.0. The number of nitrogens with one attached hydrogen (secondary N) is 2. The van der Waals surface area contributed by atoms with Crippen molar-refractivity contribution in [1.29, 1.82) is 0 Å². The number of guanidine groups is 1. The predicted molar refractivity (Wildman–Crippen MR) is 141 cm³/mol. The predicted octanol–water partition coefficient (Wildman–Crippen LogP) is 3.74. The molecule has 0 radical (unpaired) electrons. The zero-order valence-electron chi connectivity index (χ0n) is 19.6. The Morgan fingerprint density at radius 2 is 1.90 bits per heavy atom. The first-order chi connectivity index (χ1) is 14.7. The number of rotatable bonds is 9. The van der Waals surface area contributed by atoms with Gasteiger partial charge in [0.05, 0.1) is 13.2 Å². The third-order valence-electron chi connectivity index (χ3n) is 6.75. The van der Waals surface area contributed by atoms with Gasteiger partial charge in [-0.3, -0.25) is 9.89 Å². The second-order valence-electron chi connectivity index (χ2n) is 8.58. The number of aliphatic imine (C=N–C) groups is 1. The van der Waals surface area contributed by atoms with Gasteiger partial charge in [-0.25, -0.2) is 0 Å². The molecule has 176 valence electrons. The largest absolute Gasteiger partial charge is 0.497 e. The minimum atomic E-state index is 0. The Bertz CT molecular complexity index is 657. The fraction of sp³-hybridized carbons (Fsp3) is 0.708. The first kappa shape index (κ1) is 26.2. The van der Waals surface area contributed by atoms with Gasteiger partial charge >= 0.3 is 0 Å². The van der Waals surface area contributed by atoms with Crippen LogP contribution in [-0.2, 0) is 0 Å². The van der Waals surface area contributed by atoms with Crippen molar-refractivity contribution < 1.29 is 4.74 Å². The lowest BCUT2D eigenvalue weighted by atomic mass is 9.93. The molecule has 0 bridgehead atoms. The molecule has 0 aliphatic carbocycles. The van der Waals surface area contributed by atoms with Crippen LogP contribution in [0.2, 0.25) is 0 Å². The number of benzene rings is 1. The van der Waals surface area contributed by atoms with E-state index in [2.05, 4.69) is 50.5 Å². The zero-order chi connectivity index (χ0) is 21.2. The normalized spacial score (nSPS) is 19.6. The molecule has 1 unspecified atom stereocenters. The number of halogens is 1. The highest BCUT2D eigenvalue weighted by Crippen LogP contribution is 2.27. The van der Waals surface area contributed by atoms with Gasteiger partial charge in [0.2, 0.25) is 0 Å². The van der Waals surface area contributed by atoms with Crippen LogP contribution in [0.5, 0.6) is 5.75 Å². The van der Waals surface area contributed by atoms with Crippen molar-refractivity contribution in [2.75, 3.05) is 60.0 Å². The van der Waals surface area contributed by atoms with Crippen LogP contribution in [0.1, 0.15) is 50.6 Å². The summed E-state index contributed by atoms with van der Waals surface area (Å²) >= 11 is 0. The topological polar surface area (TPSA) is 52.1 Å². The van der Waals surface area contributed by atoms with E-state index in [1.54, 1.807) is 7.11 Å². The van der Waals surface area contributed by atoms with Gasteiger partial charge in [0.15, 0.2) is 5.96 Å². The van der Waals surface area contributed by atoms with Crippen LogP contribution in [0, 0.1) is 5.92 Å². The molecule has 31 heavy (non-hydrogen) atoms. The van der Waals surface area contributed by atoms with Gasteiger partial charge in [-0.05, 0) is 88.4 Å². The molecule has 2 aliphatic rings. The molecular weight excluding hydrogens is 501 g/mol. The number of piperidine rings is 1. The summed E-state index contributed by atoms with van der Waals surface area (Å²) < 4.78 is 5.46. The molecule has 1 aromatic rings. The van der Waals surface area contributed by atoms with Crippen LogP contribution < -0.4 is 15.4 Å². The molecule has 1 aromatic carbocycles. The summed E-state index contributed by atoms with van der Waals surface area (Å²) in [5.74, 6) is 2.67. The van der Waals surface area contributed by atoms with Crippen LogP contribution in [0.25, 0.3) is 0 Å². The van der Waals surface area contributed by atoms with Gasteiger partial charge in [-0.15, -0.1) is 24.0 Å². The summed E-state index contributed by atoms with van der Waals surface area (Å²) in [6.07, 6.45) is 6.45. The van der Waals surface area contributed by atoms with Crippen molar-refractivity contribution in [3.63, 3.8) is 0 Å². The standard InChI is InChI=1S/C24H41N5O.HI/c1-4-28-16-11-20(12-17-28)10-13-26-24(25-2)27-19-23(29-14-5-6-15-29)21-8-7-9-22(18-21)30-3;/h7-9,18,20,23H,4-6,10-17,19H2,1-3H3,(H2,25,26,27);1H. The SMILES string of the molecule is CCN1CCC(CCNC(=NC)NCC(c2cccc(OC)c2)N2CCCC2)CC1.I. The molecule has 3 rings (SSSR count). The number of nitrogens with zero attached hydrogens (tertiary/aromatic N) is 3. The van der Waals surface area contributed by atoms with E-state index in [9.17, 15) is 0 Å². The summed E-state index contributed by atoms with van der Waals surface area (Å²) in [5, 5.41) is 7.13. The molecule has 2 fully saturated rings. The maximum Gasteiger partial charge on any atom is 0.191 e. The second-order valence-corrected chi connectivity index (χ2v) is 8.58. The maximum absolute atomic E-state index is 5.46. The lowest BCUT2D eigenvalue weighted by molar-refractivity contribution is 0.187. The minimum absolute atomic E-state index is 0. The van der Waals surface area contributed by atoms with E-state index in [-0.39, 0.29) is 24.0 Å². The van der Waals surface area contributed by atoms with Crippen molar-refractivity contribution in [2.45, 2.75) is 45.1 Å². The molecule has 2 saturated heterocycles. The third-order valence-corrected chi connectivity index (χ3v) is 6.75. The lowest BCUT2D eigenvalue weighted by Crippen LogP contribution is -2.43. The molecule has 0 spiro atoms. The van der Waals surface area contributed by atoms with E-state index in [1.807, 2.05) is 13.1 Å². The maximum atomic E-state index is 5.46. The molecule has 0 saturated carbocycles. The smallest absolute Gasteiger partial charge is 0.191 e. The molecule has 2 aliphatic heterocycles. The average molecular weight is 544 g/mol. The van der Waals surface area contributed by atoms with Crippen molar-refractivity contribution in [1.82, 2.24) is 20.4 Å². The summed E-state index contributed by atoms with van der Waals surface area (Å²) in [4.78, 5) is 9.60. The molecule has 6 nitrogen and oxygen atoms in total. The van der Waals surface area contributed by atoms with Gasteiger partial charge in [-0.1, -0.05) is 19.1 Å². The molecule has 2 heterocycles. The van der Waals surface area contributed by atoms with Gasteiger partial charge in [-0.2, -0.15) is 0 Å². The molecular formula is C24H42IN5O. The number of hydrogen-bond donors (Lipinski definition) is 2. The Morgan fingerprint density at radius 3 is 2.55 bits per heavy atom. The monoisotopic (exact) mass is 543 g/mol. The Labute approximate surface area is 206 Å². The van der Waals surface area contributed by atoms with E-state index in [0.29, 0.717) is 6.04 Å². The highest BCUT2D eigenvalue weighted by Gasteiger charge is 2.24. The molecule has 0 aromatic heterocycles. The molecule has 1 atom stereocenters. The van der Waals surface area contributed by atoms with Crippen molar-refractivity contribution in [2.24, 2.45) is 10.9 Å². The van der Waals surface area contributed by atoms with E-state index in [0.717, 1.165) is 43.8 Å². The summed E-state index contributed by atoms with van der Waals surface area (Å²) in [6.45, 7) is 10.1. The summed E-state index contributed by atoms with van der Waals surface area (Å²) in [7, 11) is 3.60. The van der Waals surface area contributed by atoms with E-state index in [4.69, 9.17) is 4.74 Å². The Hall–Kier alpha value is -1.06. The van der Waals surface area contributed by atoms with E-state index >= 15 is 0 Å². The van der Waals surface area contributed by atoms with Crippen LogP contribution in [-0.4, -0.2) is 75.7 Å². The quantitative estimate of drug-likeness (QED) is 0.283. The average Bonchev–Trinajstić information content (AvgIpc) is 3.33.